The lowest BCUT2D eigenvalue weighted by Crippen LogP contribution is -2.37. The van der Waals surface area contributed by atoms with Gasteiger partial charge in [0.25, 0.3) is 0 Å². The highest BCUT2D eigenvalue weighted by atomic mass is 35.5. The molecule has 1 aromatic heterocycles. The number of nitrogens with one attached hydrogen (secondary N) is 1. The van der Waals surface area contributed by atoms with Gasteiger partial charge < -0.3 is 11.1 Å². The van der Waals surface area contributed by atoms with E-state index in [1.54, 1.807) is 0 Å². The minimum Gasteiger partial charge on any atom is -0.349 e. The van der Waals surface area contributed by atoms with E-state index in [4.69, 9.17) is 5.73 Å². The van der Waals surface area contributed by atoms with Crippen molar-refractivity contribution in [3.8, 4) is 0 Å². The first-order chi connectivity index (χ1) is 9.36. The number of hydrogen-bond acceptors (Lipinski definition) is 4. The zero-order chi connectivity index (χ0) is 14.8. The van der Waals surface area contributed by atoms with Crippen LogP contribution in [0.25, 0.3) is 0 Å². The number of carbonyl (C=O) groups is 1. The molecular formula is C12H17ClF3N3OS. The minimum absolute atomic E-state index is 0. The van der Waals surface area contributed by atoms with Crippen molar-refractivity contribution in [1.29, 1.82) is 0 Å². The highest BCUT2D eigenvalue weighted by Gasteiger charge is 2.33. The van der Waals surface area contributed by atoms with Crippen LogP contribution in [0.1, 0.15) is 36.4 Å². The van der Waals surface area contributed by atoms with Crippen molar-refractivity contribution in [2.24, 2.45) is 11.7 Å². The van der Waals surface area contributed by atoms with Crippen molar-refractivity contribution in [2.75, 3.05) is 0 Å². The van der Waals surface area contributed by atoms with Gasteiger partial charge in [0.15, 0.2) is 5.69 Å². The second-order valence-electron chi connectivity index (χ2n) is 4.97. The van der Waals surface area contributed by atoms with Crippen molar-refractivity contribution < 1.29 is 18.0 Å². The number of halogens is 4. The highest BCUT2D eigenvalue weighted by Crippen LogP contribution is 2.30. The first-order valence-corrected chi connectivity index (χ1v) is 7.29. The summed E-state index contributed by atoms with van der Waals surface area (Å²) >= 11 is 0.895. The van der Waals surface area contributed by atoms with Crippen LogP contribution < -0.4 is 11.1 Å². The van der Waals surface area contributed by atoms with Gasteiger partial charge in [-0.05, 0) is 19.3 Å². The Bertz CT molecular complexity index is 481. The molecule has 1 heterocycles. The van der Waals surface area contributed by atoms with E-state index >= 15 is 0 Å². The topological polar surface area (TPSA) is 68.0 Å². The normalized spacial score (nSPS) is 22.5. The van der Waals surface area contributed by atoms with E-state index in [1.165, 1.54) is 0 Å². The average Bonchev–Trinajstić information content (AvgIpc) is 2.84. The Morgan fingerprint density at radius 2 is 2.19 bits per heavy atom. The summed E-state index contributed by atoms with van der Waals surface area (Å²) in [5.41, 5.74) is 4.90. The summed E-state index contributed by atoms with van der Waals surface area (Å²) in [7, 11) is 0. The summed E-state index contributed by atoms with van der Waals surface area (Å²) in [5, 5.41) is 3.85. The van der Waals surface area contributed by atoms with Gasteiger partial charge in [0.05, 0.1) is 6.54 Å². The fourth-order valence-corrected chi connectivity index (χ4v) is 3.04. The van der Waals surface area contributed by atoms with Crippen LogP contribution in [0.5, 0.6) is 0 Å². The Morgan fingerprint density at radius 1 is 1.48 bits per heavy atom. The van der Waals surface area contributed by atoms with Gasteiger partial charge in [-0.3, -0.25) is 4.79 Å². The van der Waals surface area contributed by atoms with Crippen molar-refractivity contribution >= 4 is 29.7 Å². The van der Waals surface area contributed by atoms with Crippen LogP contribution in [-0.2, 0) is 17.5 Å². The fraction of sp³-hybridized carbons (Fsp3) is 0.667. The first-order valence-electron chi connectivity index (χ1n) is 6.41. The smallest absolute Gasteiger partial charge is 0.349 e. The summed E-state index contributed by atoms with van der Waals surface area (Å²) < 4.78 is 37.1. The molecule has 1 fully saturated rings. The lowest BCUT2D eigenvalue weighted by molar-refractivity contribution is -0.140. The van der Waals surface area contributed by atoms with Gasteiger partial charge in [0, 0.05) is 17.3 Å². The third-order valence-corrected chi connectivity index (χ3v) is 4.19. The number of nitrogens with zero attached hydrogens (tertiary/aromatic N) is 1. The predicted molar refractivity (Wildman–Crippen MR) is 76.1 cm³/mol. The van der Waals surface area contributed by atoms with Crippen LogP contribution in [0.3, 0.4) is 0 Å². The van der Waals surface area contributed by atoms with E-state index < -0.39 is 11.9 Å². The lowest BCUT2D eigenvalue weighted by atomic mass is 9.85. The monoisotopic (exact) mass is 343 g/mol. The summed E-state index contributed by atoms with van der Waals surface area (Å²) in [6.07, 6.45) is -1.18. The predicted octanol–water partition coefficient (Wildman–Crippen LogP) is 2.72. The average molecular weight is 344 g/mol. The summed E-state index contributed by atoms with van der Waals surface area (Å²) in [5.74, 6) is -0.287. The molecule has 2 atom stereocenters. The van der Waals surface area contributed by atoms with Crippen molar-refractivity contribution in [3.63, 3.8) is 0 Å². The van der Waals surface area contributed by atoms with E-state index in [0.29, 0.717) is 6.42 Å². The van der Waals surface area contributed by atoms with Gasteiger partial charge in [0.2, 0.25) is 5.91 Å². The third-order valence-electron chi connectivity index (χ3n) is 3.34. The first kappa shape index (κ1) is 18.2. The molecule has 1 amide bonds. The van der Waals surface area contributed by atoms with Crippen LogP contribution >= 0.6 is 23.7 Å². The van der Waals surface area contributed by atoms with Gasteiger partial charge >= 0.3 is 6.18 Å². The molecule has 120 valence electrons. The quantitative estimate of drug-likeness (QED) is 0.886. The van der Waals surface area contributed by atoms with E-state index in [0.717, 1.165) is 36.0 Å². The second-order valence-corrected chi connectivity index (χ2v) is 5.91. The Labute approximate surface area is 130 Å². The molecule has 9 heteroatoms. The summed E-state index contributed by atoms with van der Waals surface area (Å²) in [6, 6.07) is 0.0381. The maximum absolute atomic E-state index is 12.4. The van der Waals surface area contributed by atoms with E-state index in [-0.39, 0.29) is 41.8 Å². The zero-order valence-electron chi connectivity index (χ0n) is 11.2. The molecule has 4 nitrogen and oxygen atoms in total. The molecule has 1 aliphatic rings. The van der Waals surface area contributed by atoms with Crippen molar-refractivity contribution in [1.82, 2.24) is 10.3 Å². The largest absolute Gasteiger partial charge is 0.434 e. The molecule has 0 aromatic carbocycles. The minimum atomic E-state index is -4.44. The summed E-state index contributed by atoms with van der Waals surface area (Å²) in [6.45, 7) is 0.0331. The van der Waals surface area contributed by atoms with E-state index in [1.807, 2.05) is 0 Å². The number of rotatable bonds is 3. The lowest BCUT2D eigenvalue weighted by Gasteiger charge is -2.25. The van der Waals surface area contributed by atoms with Gasteiger partial charge in [-0.15, -0.1) is 23.7 Å². The second kappa shape index (κ2) is 7.42. The van der Waals surface area contributed by atoms with E-state index in [2.05, 4.69) is 10.3 Å². The molecule has 0 saturated heterocycles. The number of nitrogens with two attached hydrogens (primary N) is 1. The molecule has 0 radical (unpaired) electrons. The van der Waals surface area contributed by atoms with Crippen LogP contribution in [0.15, 0.2) is 5.38 Å². The number of hydrogen-bond donors (Lipinski definition) is 2. The van der Waals surface area contributed by atoms with Crippen LogP contribution in [0.2, 0.25) is 0 Å². The van der Waals surface area contributed by atoms with Crippen molar-refractivity contribution in [3.05, 3.63) is 16.1 Å². The zero-order valence-corrected chi connectivity index (χ0v) is 12.8. The fourth-order valence-electron chi connectivity index (χ4n) is 2.30. The molecule has 0 bridgehead atoms. The Morgan fingerprint density at radius 3 is 2.76 bits per heavy atom. The third kappa shape index (κ3) is 5.12. The number of thiazole rings is 1. The maximum Gasteiger partial charge on any atom is 0.434 e. The Hall–Kier alpha value is -0.860. The van der Waals surface area contributed by atoms with Crippen molar-refractivity contribution in [2.45, 2.75) is 44.4 Å². The summed E-state index contributed by atoms with van der Waals surface area (Å²) in [4.78, 5) is 15.4. The molecule has 1 aromatic rings. The van der Waals surface area contributed by atoms with Gasteiger partial charge in [-0.2, -0.15) is 13.2 Å². The SMILES string of the molecule is Cl.NC1CCCC(C(=O)NCc2nc(C(F)(F)F)cs2)C1. The molecule has 0 aliphatic heterocycles. The molecule has 2 unspecified atom stereocenters. The Balaban J connectivity index is 0.00000220. The Kier molecular flexibility index (Phi) is 6.42. The number of carbonyl (C=O) groups excluding carboxylic acids is 1. The van der Waals surface area contributed by atoms with E-state index in [9.17, 15) is 18.0 Å². The standard InChI is InChI=1S/C12H16F3N3OS.ClH/c13-12(14,15)9-6-20-10(18-9)5-17-11(19)7-2-1-3-8(16)4-7;/h6-8H,1-5,16H2,(H,17,19);1H. The molecule has 0 spiro atoms. The van der Waals surface area contributed by atoms with Crippen LogP contribution in [-0.4, -0.2) is 16.9 Å². The van der Waals surface area contributed by atoms with Gasteiger partial charge in [-0.25, -0.2) is 4.98 Å². The molecule has 2 rings (SSSR count). The molecule has 21 heavy (non-hydrogen) atoms. The number of amides is 1. The maximum atomic E-state index is 12.4. The van der Waals surface area contributed by atoms with Crippen LogP contribution in [0, 0.1) is 5.92 Å². The molecular weight excluding hydrogens is 327 g/mol. The van der Waals surface area contributed by atoms with Crippen LogP contribution in [0.4, 0.5) is 13.2 Å². The van der Waals surface area contributed by atoms with Gasteiger partial charge in [-0.1, -0.05) is 6.42 Å². The molecule has 1 aliphatic carbocycles. The highest BCUT2D eigenvalue weighted by molar-refractivity contribution is 7.09. The molecule has 3 N–H and O–H groups in total. The number of alkyl halides is 3. The van der Waals surface area contributed by atoms with Gasteiger partial charge in [0.1, 0.15) is 5.01 Å². The molecule has 1 saturated carbocycles. The number of aromatic nitrogens is 1.